The van der Waals surface area contributed by atoms with Gasteiger partial charge in [0.05, 0.1) is 20.3 Å². The zero-order chi connectivity index (χ0) is 33.6. The van der Waals surface area contributed by atoms with Gasteiger partial charge >= 0.3 is 0 Å². The number of rotatable bonds is 17. The van der Waals surface area contributed by atoms with Crippen LogP contribution < -0.4 is 14.8 Å². The number of hydrogen-bond donors (Lipinski definition) is 2. The number of methoxy groups -OCH3 is 1. The molecule has 248 valence electrons. The van der Waals surface area contributed by atoms with Gasteiger partial charge in [-0.25, -0.2) is 4.99 Å². The molecule has 4 aromatic carbocycles. The third-order valence-electron chi connectivity index (χ3n) is 8.33. The van der Waals surface area contributed by atoms with Crippen LogP contribution >= 0.6 is 0 Å². The predicted molar refractivity (Wildman–Crippen MR) is 185 cm³/mol. The Morgan fingerprint density at radius 3 is 2.48 bits per heavy atom. The fourth-order valence-corrected chi connectivity index (χ4v) is 5.82. The second kappa shape index (κ2) is 17.0. The highest BCUT2D eigenvalue weighted by atomic mass is 16.5. The van der Waals surface area contributed by atoms with E-state index in [0.717, 1.165) is 36.0 Å². The summed E-state index contributed by atoms with van der Waals surface area (Å²) in [7, 11) is 1.60. The van der Waals surface area contributed by atoms with E-state index in [4.69, 9.17) is 29.8 Å². The van der Waals surface area contributed by atoms with E-state index in [0.29, 0.717) is 42.5 Å². The molecule has 1 heterocycles. The Hall–Kier alpha value is -5.31. The number of aliphatic hydroxyl groups is 1. The minimum atomic E-state index is -1.40. The van der Waals surface area contributed by atoms with Gasteiger partial charge in [-0.3, -0.25) is 4.79 Å². The van der Waals surface area contributed by atoms with Crippen LogP contribution in [0, 0.1) is 0 Å². The Labute approximate surface area is 281 Å². The van der Waals surface area contributed by atoms with E-state index >= 15 is 0 Å². The van der Waals surface area contributed by atoms with Crippen LogP contribution in [0.15, 0.2) is 113 Å². The smallest absolute Gasteiger partial charge is 0.252 e. The zero-order valence-electron chi connectivity index (χ0n) is 27.1. The molecule has 2 atom stereocenters. The summed E-state index contributed by atoms with van der Waals surface area (Å²) in [5.74, 6) is 1.36. The van der Waals surface area contributed by atoms with Crippen LogP contribution in [0.2, 0.25) is 0 Å². The molecule has 0 bridgehead atoms. The van der Waals surface area contributed by atoms with Crippen molar-refractivity contribution in [3.8, 4) is 11.5 Å². The zero-order valence-corrected chi connectivity index (χ0v) is 27.1. The molecule has 10 nitrogen and oxygen atoms in total. The van der Waals surface area contributed by atoms with Crippen molar-refractivity contribution in [3.05, 3.63) is 141 Å². The maximum Gasteiger partial charge on any atom is 0.252 e. The van der Waals surface area contributed by atoms with Crippen molar-refractivity contribution in [1.82, 2.24) is 5.32 Å². The second-order valence-corrected chi connectivity index (χ2v) is 11.6. The van der Waals surface area contributed by atoms with E-state index in [2.05, 4.69) is 27.5 Å². The fourth-order valence-electron chi connectivity index (χ4n) is 5.82. The van der Waals surface area contributed by atoms with Gasteiger partial charge in [-0.2, -0.15) is 0 Å². The lowest BCUT2D eigenvalue weighted by atomic mass is 9.80. The number of benzene rings is 4. The molecular formula is C38H41N5O5. The molecule has 0 aliphatic carbocycles. The Kier molecular flexibility index (Phi) is 12.1. The van der Waals surface area contributed by atoms with Crippen molar-refractivity contribution < 1.29 is 24.1 Å². The molecule has 1 aliphatic rings. The summed E-state index contributed by atoms with van der Waals surface area (Å²) in [6.07, 6.45) is 2.58. The number of carbonyl (C=O) groups excluding carboxylic acids is 1. The Morgan fingerprint density at radius 2 is 1.73 bits per heavy atom. The molecule has 48 heavy (non-hydrogen) atoms. The quantitative estimate of drug-likeness (QED) is 0.0555. The van der Waals surface area contributed by atoms with Gasteiger partial charge in [-0.1, -0.05) is 71.8 Å². The van der Waals surface area contributed by atoms with Crippen LogP contribution in [0.4, 0.5) is 0 Å². The molecular weight excluding hydrogens is 606 g/mol. The van der Waals surface area contributed by atoms with Gasteiger partial charge in [0.15, 0.2) is 11.6 Å². The monoisotopic (exact) mass is 647 g/mol. The molecule has 1 aliphatic heterocycles. The van der Waals surface area contributed by atoms with Gasteiger partial charge in [-0.15, -0.1) is 0 Å². The molecule has 0 unspecified atom stereocenters. The normalized spacial score (nSPS) is 16.7. The maximum absolute atomic E-state index is 14.6. The van der Waals surface area contributed by atoms with Crippen LogP contribution in [0.3, 0.4) is 0 Å². The molecule has 0 aromatic heterocycles. The molecule has 0 radical (unpaired) electrons. The van der Waals surface area contributed by atoms with Crippen molar-refractivity contribution in [2.45, 2.75) is 50.3 Å². The van der Waals surface area contributed by atoms with E-state index in [1.54, 1.807) is 7.11 Å². The number of aliphatic imine (C=N–C) groups is 1. The van der Waals surface area contributed by atoms with Crippen molar-refractivity contribution in [3.63, 3.8) is 0 Å². The summed E-state index contributed by atoms with van der Waals surface area (Å²) >= 11 is 0. The van der Waals surface area contributed by atoms with Crippen LogP contribution in [0.1, 0.15) is 53.2 Å². The Balaban J connectivity index is 1.51. The first kappa shape index (κ1) is 34.0. The van der Waals surface area contributed by atoms with Crippen molar-refractivity contribution in [2.24, 2.45) is 10.1 Å². The number of aliphatic hydroxyl groups excluding tert-OH is 1. The molecule has 0 saturated heterocycles. The topological polar surface area (TPSA) is 138 Å². The summed E-state index contributed by atoms with van der Waals surface area (Å²) in [6.45, 7) is 1.07. The van der Waals surface area contributed by atoms with Gasteiger partial charge in [0.25, 0.3) is 5.91 Å². The lowest BCUT2D eigenvalue weighted by molar-refractivity contribution is -0.128. The first-order valence-corrected chi connectivity index (χ1v) is 16.2. The Bertz CT molecular complexity index is 1720. The number of carbonyl (C=O) groups is 1. The number of azide groups is 1. The van der Waals surface area contributed by atoms with E-state index < -0.39 is 11.6 Å². The Morgan fingerprint density at radius 1 is 0.958 bits per heavy atom. The number of hydrogen-bond acceptors (Lipinski definition) is 7. The summed E-state index contributed by atoms with van der Waals surface area (Å²) in [4.78, 5) is 22.7. The first-order valence-electron chi connectivity index (χ1n) is 16.2. The number of amides is 1. The summed E-state index contributed by atoms with van der Waals surface area (Å²) < 4.78 is 17.9. The molecule has 0 saturated carbocycles. The number of nitrogens with zero attached hydrogens (tertiary/aromatic N) is 4. The molecule has 1 amide bonds. The number of nitrogens with one attached hydrogen (secondary N) is 1. The standard InChI is InChI=1S/C38H41N5O5/c1-46-34-17-9-16-30(25-34)35-38(26-31-14-5-6-15-32(31)27-41-43-39,37(45)40-22-8-7-13-28-11-3-2-4-12-28)42-36(48-35)29-18-20-33(21-19-29)47-24-10-23-44/h2-6,9,11-12,14-21,25,35,44H,7-8,10,13,22-24,26-27H2,1H3,(H,40,45)/t35-,38-/m1/s1. The highest BCUT2D eigenvalue weighted by Gasteiger charge is 2.53. The summed E-state index contributed by atoms with van der Waals surface area (Å²) in [5, 5.41) is 16.1. The fraction of sp³-hybridized carbons (Fsp3) is 0.316. The van der Waals surface area contributed by atoms with Crippen molar-refractivity contribution in [1.29, 1.82) is 0 Å². The SMILES string of the molecule is COc1cccc([C@H]2OC(c3ccc(OCCCO)cc3)=N[C@@]2(Cc2ccccc2CN=[N+]=[N-])C(=O)NCCCCc2ccccc2)c1. The summed E-state index contributed by atoms with van der Waals surface area (Å²) in [5.41, 5.74) is 12.0. The molecule has 0 spiro atoms. The third kappa shape index (κ3) is 8.53. The minimum absolute atomic E-state index is 0.0531. The number of aryl methyl sites for hydroxylation is 1. The molecule has 0 fully saturated rings. The van der Waals surface area contributed by atoms with Crippen LogP contribution in [-0.4, -0.2) is 49.3 Å². The molecule has 5 rings (SSSR count). The lowest BCUT2D eigenvalue weighted by Crippen LogP contribution is -2.50. The highest BCUT2D eigenvalue weighted by Crippen LogP contribution is 2.43. The van der Waals surface area contributed by atoms with Gasteiger partial charge in [-0.05, 0) is 83.4 Å². The van der Waals surface area contributed by atoms with Gasteiger partial charge in [0.1, 0.15) is 11.5 Å². The van der Waals surface area contributed by atoms with Gasteiger partial charge < -0.3 is 24.6 Å². The minimum Gasteiger partial charge on any atom is -0.497 e. The number of ether oxygens (including phenoxy) is 3. The molecule has 4 aromatic rings. The molecule has 10 heteroatoms. The first-order chi connectivity index (χ1) is 23.6. The molecule has 2 N–H and O–H groups in total. The maximum atomic E-state index is 14.6. The highest BCUT2D eigenvalue weighted by molar-refractivity contribution is 6.01. The average molecular weight is 648 g/mol. The predicted octanol–water partition coefficient (Wildman–Crippen LogP) is 6.91. The van der Waals surface area contributed by atoms with E-state index in [1.165, 1.54) is 5.56 Å². The van der Waals surface area contributed by atoms with Gasteiger partial charge in [0, 0.05) is 36.5 Å². The third-order valence-corrected chi connectivity index (χ3v) is 8.33. The van der Waals surface area contributed by atoms with Crippen LogP contribution in [0.5, 0.6) is 11.5 Å². The van der Waals surface area contributed by atoms with Crippen molar-refractivity contribution >= 4 is 11.8 Å². The van der Waals surface area contributed by atoms with Crippen LogP contribution in [-0.2, 0) is 28.9 Å². The van der Waals surface area contributed by atoms with E-state index in [-0.39, 0.29) is 25.5 Å². The van der Waals surface area contributed by atoms with Crippen LogP contribution in [0.25, 0.3) is 10.4 Å². The lowest BCUT2D eigenvalue weighted by Gasteiger charge is -2.31. The average Bonchev–Trinajstić information content (AvgIpc) is 3.52. The largest absolute Gasteiger partial charge is 0.497 e. The van der Waals surface area contributed by atoms with E-state index in [1.807, 2.05) is 91.0 Å². The number of unbranched alkanes of at least 4 members (excludes halogenated alkanes) is 1. The second-order valence-electron chi connectivity index (χ2n) is 11.6. The van der Waals surface area contributed by atoms with Crippen molar-refractivity contribution in [2.75, 3.05) is 26.9 Å². The summed E-state index contributed by atoms with van der Waals surface area (Å²) in [6, 6.07) is 32.8. The van der Waals surface area contributed by atoms with Gasteiger partial charge in [0.2, 0.25) is 5.90 Å². The van der Waals surface area contributed by atoms with E-state index in [9.17, 15) is 4.79 Å².